The van der Waals surface area contributed by atoms with Gasteiger partial charge in [0.2, 0.25) is 0 Å². The highest BCUT2D eigenvalue weighted by Crippen LogP contribution is 2.31. The number of carbonyl (C=O) groups excluding carboxylic acids is 2. The Morgan fingerprint density at radius 2 is 1.88 bits per heavy atom. The van der Waals surface area contributed by atoms with Gasteiger partial charge in [-0.25, -0.2) is 19.1 Å². The number of rotatable bonds is 10. The van der Waals surface area contributed by atoms with E-state index in [1.807, 2.05) is 0 Å². The molecule has 0 unspecified atom stereocenters. The lowest BCUT2D eigenvalue weighted by Crippen LogP contribution is -2.22. The number of hydroxylamine groups is 1. The zero-order valence-electron chi connectivity index (χ0n) is 17.3. The summed E-state index contributed by atoms with van der Waals surface area (Å²) in [6.45, 7) is 1.76. The third-order valence-corrected chi connectivity index (χ3v) is 4.37. The van der Waals surface area contributed by atoms with Gasteiger partial charge in [-0.15, -0.1) is 0 Å². The SMILES string of the molecule is C[C@H](C/C=C/C(=O)NO)[C@H](OC(=O)Nc1ccc(F)cc1F)c1ccc(OCCO)cc1. The molecule has 0 heterocycles. The molecule has 4 N–H and O–H groups in total. The Hall–Kier alpha value is -3.50. The molecule has 0 spiro atoms. The normalized spacial score (nSPS) is 12.8. The number of anilines is 1. The second-order valence-electron chi connectivity index (χ2n) is 6.81. The minimum Gasteiger partial charge on any atom is -0.491 e. The van der Waals surface area contributed by atoms with Crippen LogP contribution in [-0.2, 0) is 9.53 Å². The molecule has 8 nitrogen and oxygen atoms in total. The van der Waals surface area contributed by atoms with Crippen LogP contribution in [0.1, 0.15) is 25.0 Å². The Morgan fingerprint density at radius 1 is 1.16 bits per heavy atom. The first kappa shape index (κ1) is 24.8. The highest BCUT2D eigenvalue weighted by molar-refractivity contribution is 5.86. The van der Waals surface area contributed by atoms with Crippen molar-refractivity contribution < 1.29 is 38.2 Å². The van der Waals surface area contributed by atoms with Gasteiger partial charge in [-0.2, -0.15) is 0 Å². The Bertz CT molecular complexity index is 937. The van der Waals surface area contributed by atoms with Crippen LogP contribution in [0.5, 0.6) is 5.75 Å². The average molecular weight is 450 g/mol. The van der Waals surface area contributed by atoms with Crippen molar-refractivity contribution in [1.29, 1.82) is 0 Å². The van der Waals surface area contributed by atoms with Crippen molar-refractivity contribution in [2.24, 2.45) is 5.92 Å². The number of hydrogen-bond acceptors (Lipinski definition) is 6. The van der Waals surface area contributed by atoms with Crippen molar-refractivity contribution in [2.75, 3.05) is 18.5 Å². The van der Waals surface area contributed by atoms with Crippen LogP contribution in [0.4, 0.5) is 19.3 Å². The van der Waals surface area contributed by atoms with Gasteiger partial charge in [0.1, 0.15) is 30.1 Å². The van der Waals surface area contributed by atoms with E-state index < -0.39 is 29.7 Å². The molecule has 0 aliphatic heterocycles. The molecule has 2 rings (SSSR count). The lowest BCUT2D eigenvalue weighted by molar-refractivity contribution is -0.124. The molecule has 0 saturated heterocycles. The van der Waals surface area contributed by atoms with Crippen LogP contribution in [0, 0.1) is 17.6 Å². The molecule has 2 aromatic carbocycles. The van der Waals surface area contributed by atoms with Crippen LogP contribution >= 0.6 is 0 Å². The Kier molecular flexibility index (Phi) is 9.58. The molecule has 32 heavy (non-hydrogen) atoms. The maximum Gasteiger partial charge on any atom is 0.412 e. The van der Waals surface area contributed by atoms with Gasteiger partial charge >= 0.3 is 6.09 Å². The van der Waals surface area contributed by atoms with E-state index in [2.05, 4.69) is 5.32 Å². The van der Waals surface area contributed by atoms with Gasteiger partial charge in [0.25, 0.3) is 5.91 Å². The smallest absolute Gasteiger partial charge is 0.412 e. The first-order chi connectivity index (χ1) is 15.3. The van der Waals surface area contributed by atoms with Gasteiger partial charge in [0, 0.05) is 18.1 Å². The Morgan fingerprint density at radius 3 is 2.50 bits per heavy atom. The molecule has 10 heteroatoms. The second-order valence-corrected chi connectivity index (χ2v) is 6.81. The molecule has 0 radical (unpaired) electrons. The monoisotopic (exact) mass is 450 g/mol. The molecule has 2 atom stereocenters. The van der Waals surface area contributed by atoms with Crippen molar-refractivity contribution in [2.45, 2.75) is 19.4 Å². The minimum absolute atomic E-state index is 0.124. The number of amides is 2. The maximum absolute atomic E-state index is 13.8. The number of ether oxygens (including phenoxy) is 2. The zero-order chi connectivity index (χ0) is 23.5. The number of aliphatic hydroxyl groups excluding tert-OH is 1. The molecule has 0 aliphatic carbocycles. The van der Waals surface area contributed by atoms with E-state index in [9.17, 15) is 18.4 Å². The summed E-state index contributed by atoms with van der Waals surface area (Å²) in [4.78, 5) is 23.6. The molecule has 0 aromatic heterocycles. The molecular weight excluding hydrogens is 426 g/mol. The van der Waals surface area contributed by atoms with E-state index in [1.165, 1.54) is 11.6 Å². The van der Waals surface area contributed by atoms with Crippen molar-refractivity contribution in [3.63, 3.8) is 0 Å². The lowest BCUT2D eigenvalue weighted by Gasteiger charge is -2.24. The van der Waals surface area contributed by atoms with E-state index >= 15 is 0 Å². The molecule has 0 bridgehead atoms. The number of allylic oxidation sites excluding steroid dienone is 1. The summed E-state index contributed by atoms with van der Waals surface area (Å²) in [5.74, 6) is -2.26. The van der Waals surface area contributed by atoms with E-state index in [1.54, 1.807) is 31.2 Å². The third-order valence-electron chi connectivity index (χ3n) is 4.37. The average Bonchev–Trinajstić information content (AvgIpc) is 2.78. The quantitative estimate of drug-likeness (QED) is 0.249. The minimum atomic E-state index is -0.954. The molecule has 0 fully saturated rings. The second kappa shape index (κ2) is 12.4. The van der Waals surface area contributed by atoms with E-state index in [4.69, 9.17) is 19.8 Å². The molecule has 0 aliphatic rings. The zero-order valence-corrected chi connectivity index (χ0v) is 17.3. The number of benzene rings is 2. The van der Waals surface area contributed by atoms with Gasteiger partial charge in [0.05, 0.1) is 12.3 Å². The first-order valence-corrected chi connectivity index (χ1v) is 9.71. The predicted octanol–water partition coefficient (Wildman–Crippen LogP) is 3.71. The van der Waals surface area contributed by atoms with Crippen LogP contribution in [-0.4, -0.2) is 35.5 Å². The van der Waals surface area contributed by atoms with Crippen LogP contribution in [0.25, 0.3) is 0 Å². The highest BCUT2D eigenvalue weighted by Gasteiger charge is 2.24. The number of nitrogens with one attached hydrogen (secondary N) is 2. The number of carbonyl (C=O) groups is 2. The Labute approximate surface area is 183 Å². The Balaban J connectivity index is 2.17. The van der Waals surface area contributed by atoms with Crippen molar-refractivity contribution in [3.8, 4) is 5.75 Å². The van der Waals surface area contributed by atoms with Crippen LogP contribution in [0.3, 0.4) is 0 Å². The van der Waals surface area contributed by atoms with Gasteiger partial charge in [-0.05, 0) is 36.2 Å². The summed E-state index contributed by atoms with van der Waals surface area (Å²) >= 11 is 0. The summed E-state index contributed by atoms with van der Waals surface area (Å²) in [6, 6.07) is 9.33. The van der Waals surface area contributed by atoms with Gasteiger partial charge in [0.15, 0.2) is 0 Å². The topological polar surface area (TPSA) is 117 Å². The molecule has 2 aromatic rings. The standard InChI is InChI=1S/C22H24F2N2O6/c1-14(3-2-4-20(28)26-30)21(15-5-8-17(9-6-15)31-12-11-27)32-22(29)25-19-10-7-16(23)13-18(19)24/h2,4-10,13-14,21,27,30H,3,11-12H2,1H3,(H,25,29)(H,26,28)/b4-2+/t14-,21+/m1/s1. The largest absolute Gasteiger partial charge is 0.491 e. The fourth-order valence-electron chi connectivity index (χ4n) is 2.83. The van der Waals surface area contributed by atoms with Crippen LogP contribution < -0.4 is 15.5 Å². The molecular formula is C22H24F2N2O6. The van der Waals surface area contributed by atoms with E-state index in [0.717, 1.165) is 18.2 Å². The van der Waals surface area contributed by atoms with Gasteiger partial charge < -0.3 is 14.6 Å². The summed E-state index contributed by atoms with van der Waals surface area (Å²) < 4.78 is 37.7. The van der Waals surface area contributed by atoms with E-state index in [-0.39, 0.29) is 24.8 Å². The predicted molar refractivity (Wildman–Crippen MR) is 111 cm³/mol. The van der Waals surface area contributed by atoms with Crippen LogP contribution in [0.15, 0.2) is 54.6 Å². The van der Waals surface area contributed by atoms with Gasteiger partial charge in [-0.3, -0.25) is 15.3 Å². The van der Waals surface area contributed by atoms with Crippen molar-refractivity contribution in [3.05, 3.63) is 71.8 Å². The number of halogens is 2. The molecule has 172 valence electrons. The summed E-state index contributed by atoms with van der Waals surface area (Å²) in [6.07, 6.45) is 1.19. The van der Waals surface area contributed by atoms with Crippen LogP contribution in [0.2, 0.25) is 0 Å². The fourth-order valence-corrected chi connectivity index (χ4v) is 2.83. The number of hydrogen-bond donors (Lipinski definition) is 4. The van der Waals surface area contributed by atoms with Crippen molar-refractivity contribution in [1.82, 2.24) is 5.48 Å². The van der Waals surface area contributed by atoms with E-state index in [0.29, 0.717) is 23.8 Å². The maximum atomic E-state index is 13.8. The van der Waals surface area contributed by atoms with Gasteiger partial charge in [-0.1, -0.05) is 25.1 Å². The summed E-state index contributed by atoms with van der Waals surface area (Å²) in [7, 11) is 0. The lowest BCUT2D eigenvalue weighted by atomic mass is 9.94. The molecule has 2 amide bonds. The van der Waals surface area contributed by atoms with Crippen molar-refractivity contribution >= 4 is 17.7 Å². The summed E-state index contributed by atoms with van der Waals surface area (Å²) in [5.41, 5.74) is 1.84. The third kappa shape index (κ3) is 7.64. The summed E-state index contributed by atoms with van der Waals surface area (Å²) in [5, 5.41) is 19.7. The molecule has 0 saturated carbocycles. The fraction of sp³-hybridized carbons (Fsp3) is 0.273. The highest BCUT2D eigenvalue weighted by atomic mass is 19.1. The number of aliphatic hydroxyl groups is 1. The first-order valence-electron chi connectivity index (χ1n) is 9.71.